The van der Waals surface area contributed by atoms with Gasteiger partial charge in [-0.1, -0.05) is 25.1 Å². The van der Waals surface area contributed by atoms with Crippen molar-refractivity contribution in [1.82, 2.24) is 15.2 Å². The highest BCUT2D eigenvalue weighted by Gasteiger charge is 2.35. The zero-order valence-electron chi connectivity index (χ0n) is 14.6. The summed E-state index contributed by atoms with van der Waals surface area (Å²) in [6.07, 6.45) is 6.33. The van der Waals surface area contributed by atoms with Crippen molar-refractivity contribution in [1.29, 1.82) is 0 Å². The normalized spacial score (nSPS) is 24.4. The van der Waals surface area contributed by atoms with Gasteiger partial charge in [0.15, 0.2) is 0 Å². The Morgan fingerprint density at radius 2 is 2.29 bits per heavy atom. The summed E-state index contributed by atoms with van der Waals surface area (Å²) in [6.45, 7) is 4.95. The molecule has 1 aromatic heterocycles. The van der Waals surface area contributed by atoms with Crippen LogP contribution in [0.15, 0.2) is 30.5 Å². The molecule has 0 radical (unpaired) electrons. The van der Waals surface area contributed by atoms with Gasteiger partial charge < -0.3 is 10.3 Å². The first-order valence-corrected chi connectivity index (χ1v) is 8.90. The fourth-order valence-electron chi connectivity index (χ4n) is 4.07. The van der Waals surface area contributed by atoms with E-state index in [2.05, 4.69) is 66.6 Å². The molecule has 2 aliphatic rings. The van der Waals surface area contributed by atoms with E-state index in [0.717, 1.165) is 19.4 Å². The van der Waals surface area contributed by atoms with Crippen molar-refractivity contribution in [2.24, 2.45) is 5.92 Å². The SMILES string of the molecule is CCC(C)NC(=O)[C@@H]1C=C2c3cccc4[nH]cc(c34)C[C@H]2N(C)C1. The van der Waals surface area contributed by atoms with Crippen molar-refractivity contribution in [2.75, 3.05) is 13.6 Å². The van der Waals surface area contributed by atoms with Gasteiger partial charge in [0, 0.05) is 35.7 Å². The molecule has 1 aliphatic carbocycles. The lowest BCUT2D eigenvalue weighted by Crippen LogP contribution is -2.47. The van der Waals surface area contributed by atoms with Crippen LogP contribution in [0.4, 0.5) is 0 Å². The molecule has 4 rings (SSSR count). The van der Waals surface area contributed by atoms with Crippen LogP contribution in [0, 0.1) is 5.92 Å². The molecule has 4 nitrogen and oxygen atoms in total. The summed E-state index contributed by atoms with van der Waals surface area (Å²) < 4.78 is 0. The molecule has 1 amide bonds. The average molecular weight is 323 g/mol. The first kappa shape index (κ1) is 15.5. The van der Waals surface area contributed by atoms with Gasteiger partial charge in [-0.05, 0) is 49.6 Å². The largest absolute Gasteiger partial charge is 0.361 e. The quantitative estimate of drug-likeness (QED) is 0.912. The maximum Gasteiger partial charge on any atom is 0.228 e. The minimum Gasteiger partial charge on any atom is -0.361 e. The number of carbonyl (C=O) groups is 1. The molecule has 4 heteroatoms. The summed E-state index contributed by atoms with van der Waals surface area (Å²) in [5.74, 6) is 0.0696. The monoisotopic (exact) mass is 323 g/mol. The molecule has 0 bridgehead atoms. The van der Waals surface area contributed by atoms with Crippen molar-refractivity contribution in [2.45, 2.75) is 38.8 Å². The van der Waals surface area contributed by atoms with Crippen LogP contribution in [0.3, 0.4) is 0 Å². The van der Waals surface area contributed by atoms with E-state index in [-0.39, 0.29) is 17.9 Å². The van der Waals surface area contributed by atoms with Gasteiger partial charge in [-0.2, -0.15) is 0 Å². The van der Waals surface area contributed by atoms with Crippen LogP contribution in [0.5, 0.6) is 0 Å². The maximum atomic E-state index is 12.6. The van der Waals surface area contributed by atoms with Crippen LogP contribution in [0.1, 0.15) is 31.4 Å². The molecule has 2 heterocycles. The highest BCUT2D eigenvalue weighted by atomic mass is 16.2. The van der Waals surface area contributed by atoms with Gasteiger partial charge >= 0.3 is 0 Å². The molecule has 0 fully saturated rings. The highest BCUT2D eigenvalue weighted by molar-refractivity contribution is 5.99. The highest BCUT2D eigenvalue weighted by Crippen LogP contribution is 2.40. The average Bonchev–Trinajstić information content (AvgIpc) is 3.00. The first-order valence-electron chi connectivity index (χ1n) is 8.90. The molecule has 1 aromatic carbocycles. The molecular weight excluding hydrogens is 298 g/mol. The molecule has 1 unspecified atom stereocenters. The third-order valence-electron chi connectivity index (χ3n) is 5.61. The van der Waals surface area contributed by atoms with Gasteiger partial charge in [0.1, 0.15) is 0 Å². The topological polar surface area (TPSA) is 48.1 Å². The molecule has 0 saturated carbocycles. The van der Waals surface area contributed by atoms with Gasteiger partial charge in [-0.15, -0.1) is 0 Å². The van der Waals surface area contributed by atoms with Crippen molar-refractivity contribution < 1.29 is 4.79 Å². The third kappa shape index (κ3) is 2.37. The molecule has 1 aliphatic heterocycles. The summed E-state index contributed by atoms with van der Waals surface area (Å²) in [7, 11) is 2.14. The lowest BCUT2D eigenvalue weighted by atomic mass is 9.80. The zero-order valence-corrected chi connectivity index (χ0v) is 14.6. The molecule has 0 saturated heterocycles. The number of amides is 1. The van der Waals surface area contributed by atoms with Crippen molar-refractivity contribution in [3.63, 3.8) is 0 Å². The first-order chi connectivity index (χ1) is 11.6. The van der Waals surface area contributed by atoms with E-state index < -0.39 is 0 Å². The van der Waals surface area contributed by atoms with Gasteiger partial charge in [0.2, 0.25) is 5.91 Å². The lowest BCUT2D eigenvalue weighted by molar-refractivity contribution is -0.124. The molecule has 24 heavy (non-hydrogen) atoms. The summed E-state index contributed by atoms with van der Waals surface area (Å²) >= 11 is 0. The van der Waals surface area contributed by atoms with E-state index in [1.807, 2.05) is 0 Å². The van der Waals surface area contributed by atoms with E-state index in [9.17, 15) is 4.79 Å². The van der Waals surface area contributed by atoms with Crippen molar-refractivity contribution >= 4 is 22.4 Å². The van der Waals surface area contributed by atoms with E-state index in [0.29, 0.717) is 6.04 Å². The summed E-state index contributed by atoms with van der Waals surface area (Å²) in [6, 6.07) is 7.02. The number of hydrogen-bond acceptors (Lipinski definition) is 2. The van der Waals surface area contributed by atoms with E-state index in [1.165, 1.54) is 27.6 Å². The second kappa shape index (κ2) is 5.78. The Bertz CT molecular complexity index is 819. The Labute approximate surface area is 142 Å². The molecule has 3 atom stereocenters. The number of nitrogens with one attached hydrogen (secondary N) is 2. The van der Waals surface area contributed by atoms with Gasteiger partial charge in [-0.25, -0.2) is 0 Å². The third-order valence-corrected chi connectivity index (χ3v) is 5.61. The van der Waals surface area contributed by atoms with Gasteiger partial charge in [0.05, 0.1) is 5.92 Å². The predicted octanol–water partition coefficient (Wildman–Crippen LogP) is 2.95. The molecule has 126 valence electrons. The molecule has 2 aromatic rings. The van der Waals surface area contributed by atoms with E-state index in [4.69, 9.17) is 0 Å². The van der Waals surface area contributed by atoms with Crippen LogP contribution in [0.25, 0.3) is 16.5 Å². The van der Waals surface area contributed by atoms with Gasteiger partial charge in [0.25, 0.3) is 0 Å². The van der Waals surface area contributed by atoms with Crippen LogP contribution in [-0.2, 0) is 11.2 Å². The number of H-pyrrole nitrogens is 1. The number of hydrogen-bond donors (Lipinski definition) is 2. The fourth-order valence-corrected chi connectivity index (χ4v) is 4.07. The number of carbonyl (C=O) groups excluding carboxylic acids is 1. The smallest absolute Gasteiger partial charge is 0.228 e. The van der Waals surface area contributed by atoms with Crippen molar-refractivity contribution in [3.05, 3.63) is 41.6 Å². The van der Waals surface area contributed by atoms with Crippen LogP contribution >= 0.6 is 0 Å². The Morgan fingerprint density at radius 3 is 3.08 bits per heavy atom. The second-order valence-corrected chi connectivity index (χ2v) is 7.25. The lowest BCUT2D eigenvalue weighted by Gasteiger charge is -2.39. The molecule has 2 N–H and O–H groups in total. The minimum absolute atomic E-state index is 0.0778. The fraction of sp³-hybridized carbons (Fsp3) is 0.450. The van der Waals surface area contributed by atoms with E-state index in [1.54, 1.807) is 0 Å². The predicted molar refractivity (Wildman–Crippen MR) is 97.8 cm³/mol. The molecule has 0 spiro atoms. The Hall–Kier alpha value is -2.07. The zero-order chi connectivity index (χ0) is 16.8. The van der Waals surface area contributed by atoms with Crippen LogP contribution in [0.2, 0.25) is 0 Å². The Balaban J connectivity index is 1.75. The minimum atomic E-state index is -0.0778. The maximum absolute atomic E-state index is 12.6. The van der Waals surface area contributed by atoms with Gasteiger partial charge in [-0.3, -0.25) is 9.69 Å². The number of nitrogens with zero attached hydrogens (tertiary/aromatic N) is 1. The standard InChI is InChI=1S/C20H25N3O/c1-4-12(2)22-20(24)14-8-16-15-6-5-7-17-19(15)13(10-21-17)9-18(16)23(3)11-14/h5-8,10,12,14,18,21H,4,9,11H2,1-3H3,(H,22,24)/t12?,14-,18-/m1/s1. The number of likely N-dealkylation sites (N-methyl/N-ethyl adjacent to an activating group) is 1. The number of aromatic nitrogens is 1. The van der Waals surface area contributed by atoms with Crippen LogP contribution in [-0.4, -0.2) is 41.5 Å². The number of fused-ring (bicyclic) bond motifs is 2. The Kier molecular flexibility index (Phi) is 3.72. The second-order valence-electron chi connectivity index (χ2n) is 7.25. The van der Waals surface area contributed by atoms with Crippen LogP contribution < -0.4 is 5.32 Å². The number of benzene rings is 1. The number of rotatable bonds is 3. The molecular formula is C20H25N3O. The van der Waals surface area contributed by atoms with Crippen molar-refractivity contribution in [3.8, 4) is 0 Å². The summed E-state index contributed by atoms with van der Waals surface area (Å²) in [5.41, 5.74) is 5.17. The van der Waals surface area contributed by atoms with E-state index >= 15 is 0 Å². The Morgan fingerprint density at radius 1 is 1.46 bits per heavy atom. The summed E-state index contributed by atoms with van der Waals surface area (Å²) in [4.78, 5) is 18.4. The number of aromatic amines is 1. The summed E-state index contributed by atoms with van der Waals surface area (Å²) in [5, 5.41) is 4.47.